The van der Waals surface area contributed by atoms with Crippen molar-refractivity contribution in [3.05, 3.63) is 51.6 Å². The average molecular weight is 450 g/mol. The molecular formula is C22H28FN3O4S. The molecular weight excluding hydrogens is 421 g/mol. The molecule has 2 N–H and O–H groups in total. The van der Waals surface area contributed by atoms with E-state index >= 15 is 0 Å². The molecule has 0 aliphatic carbocycles. The Morgan fingerprint density at radius 3 is 2.77 bits per heavy atom. The van der Waals surface area contributed by atoms with Gasteiger partial charge in [-0.05, 0) is 19.9 Å². The standard InChI is InChI=1S/C22H28FN3O4S/c1-14(2)30-12-15(27)10-26(8-9-29-3)11-19-24-21(28)20-17(13-31-22(20)25-19)16-6-4-5-7-18(16)23/h4-7,13-15,27H,8-12H2,1-3H3,(H,24,25,28). The van der Waals surface area contributed by atoms with E-state index in [1.165, 1.54) is 17.4 Å². The number of benzene rings is 1. The molecule has 0 saturated heterocycles. The van der Waals surface area contributed by atoms with Gasteiger partial charge in [0.15, 0.2) is 0 Å². The van der Waals surface area contributed by atoms with Crippen LogP contribution in [0.4, 0.5) is 4.39 Å². The Hall–Kier alpha value is -2.17. The lowest BCUT2D eigenvalue weighted by molar-refractivity contribution is -0.0124. The lowest BCUT2D eigenvalue weighted by atomic mass is 10.1. The van der Waals surface area contributed by atoms with Crippen LogP contribution < -0.4 is 5.56 Å². The summed E-state index contributed by atoms with van der Waals surface area (Å²) in [5.41, 5.74) is 0.606. The lowest BCUT2D eigenvalue weighted by Gasteiger charge is -2.24. The van der Waals surface area contributed by atoms with Crippen molar-refractivity contribution in [3.63, 3.8) is 0 Å². The zero-order valence-corrected chi connectivity index (χ0v) is 18.7. The summed E-state index contributed by atoms with van der Waals surface area (Å²) in [5, 5.41) is 12.4. The first kappa shape index (κ1) is 23.5. The third kappa shape index (κ3) is 6.18. The van der Waals surface area contributed by atoms with Crippen molar-refractivity contribution in [3.8, 4) is 11.1 Å². The van der Waals surface area contributed by atoms with Gasteiger partial charge < -0.3 is 19.6 Å². The number of hydrogen-bond acceptors (Lipinski definition) is 7. The quantitative estimate of drug-likeness (QED) is 0.468. The number of halogens is 1. The largest absolute Gasteiger partial charge is 0.389 e. The molecule has 3 rings (SSSR count). The van der Waals surface area contributed by atoms with Crippen LogP contribution in [0, 0.1) is 5.82 Å². The molecule has 7 nitrogen and oxygen atoms in total. The molecule has 0 saturated carbocycles. The number of thiophene rings is 1. The number of aromatic amines is 1. The molecule has 0 aliphatic heterocycles. The molecule has 0 fully saturated rings. The zero-order chi connectivity index (χ0) is 22.4. The predicted molar refractivity (Wildman–Crippen MR) is 120 cm³/mol. The Balaban J connectivity index is 1.82. The highest BCUT2D eigenvalue weighted by Gasteiger charge is 2.18. The van der Waals surface area contributed by atoms with Gasteiger partial charge in [-0.25, -0.2) is 9.37 Å². The normalized spacial score (nSPS) is 12.9. The van der Waals surface area contributed by atoms with Crippen LogP contribution in [0.1, 0.15) is 19.7 Å². The Bertz CT molecular complexity index is 1050. The van der Waals surface area contributed by atoms with Gasteiger partial charge in [0.25, 0.3) is 5.56 Å². The number of methoxy groups -OCH3 is 1. The molecule has 1 unspecified atom stereocenters. The SMILES string of the molecule is COCCN(Cc1nc2scc(-c3ccccc3F)c2c(=O)[nH]1)CC(O)COC(C)C. The van der Waals surface area contributed by atoms with Crippen molar-refractivity contribution >= 4 is 21.6 Å². The molecule has 9 heteroatoms. The van der Waals surface area contributed by atoms with E-state index in [-0.39, 0.29) is 24.1 Å². The monoisotopic (exact) mass is 449 g/mol. The van der Waals surface area contributed by atoms with Gasteiger partial charge >= 0.3 is 0 Å². The second kappa shape index (κ2) is 10.9. The predicted octanol–water partition coefficient (Wildman–Crippen LogP) is 3.03. The third-order valence-corrected chi connectivity index (χ3v) is 5.61. The van der Waals surface area contributed by atoms with Gasteiger partial charge in [0.05, 0.1) is 37.4 Å². The minimum absolute atomic E-state index is 0.0324. The van der Waals surface area contributed by atoms with Crippen molar-refractivity contribution in [1.29, 1.82) is 0 Å². The van der Waals surface area contributed by atoms with E-state index in [1.807, 2.05) is 18.7 Å². The van der Waals surface area contributed by atoms with Crippen molar-refractivity contribution in [2.45, 2.75) is 32.6 Å². The zero-order valence-electron chi connectivity index (χ0n) is 17.9. The smallest absolute Gasteiger partial charge is 0.260 e. The van der Waals surface area contributed by atoms with Crippen LogP contribution in [-0.2, 0) is 16.0 Å². The fourth-order valence-electron chi connectivity index (χ4n) is 3.27. The molecule has 1 aromatic carbocycles. The number of aromatic nitrogens is 2. The van der Waals surface area contributed by atoms with Crippen LogP contribution in [0.25, 0.3) is 21.3 Å². The second-order valence-corrected chi connectivity index (χ2v) is 8.44. The van der Waals surface area contributed by atoms with E-state index in [2.05, 4.69) is 9.97 Å². The third-order valence-electron chi connectivity index (χ3n) is 4.73. The fraction of sp³-hybridized carbons (Fsp3) is 0.455. The van der Waals surface area contributed by atoms with Gasteiger partial charge in [-0.1, -0.05) is 18.2 Å². The number of rotatable bonds is 11. The summed E-state index contributed by atoms with van der Waals surface area (Å²) in [6.45, 7) is 5.76. The maximum Gasteiger partial charge on any atom is 0.260 e. The number of ether oxygens (including phenoxy) is 2. The number of nitrogens with zero attached hydrogens (tertiary/aromatic N) is 2. The van der Waals surface area contributed by atoms with E-state index in [0.29, 0.717) is 53.4 Å². The van der Waals surface area contributed by atoms with Crippen molar-refractivity contribution in [2.24, 2.45) is 0 Å². The van der Waals surface area contributed by atoms with Crippen molar-refractivity contribution in [2.75, 3.05) is 33.4 Å². The maximum absolute atomic E-state index is 14.2. The van der Waals surface area contributed by atoms with Gasteiger partial charge in [0.1, 0.15) is 16.5 Å². The van der Waals surface area contributed by atoms with Crippen LogP contribution in [0.15, 0.2) is 34.4 Å². The number of H-pyrrole nitrogens is 1. The number of fused-ring (bicyclic) bond motifs is 1. The highest BCUT2D eigenvalue weighted by Crippen LogP contribution is 2.32. The van der Waals surface area contributed by atoms with Crippen LogP contribution in [0.2, 0.25) is 0 Å². The molecule has 1 atom stereocenters. The molecule has 31 heavy (non-hydrogen) atoms. The molecule has 0 bridgehead atoms. The van der Waals surface area contributed by atoms with Crippen LogP contribution in [0.5, 0.6) is 0 Å². The van der Waals surface area contributed by atoms with Gasteiger partial charge in [-0.15, -0.1) is 11.3 Å². The Labute approximate surface area is 184 Å². The van der Waals surface area contributed by atoms with Crippen LogP contribution in [-0.4, -0.2) is 65.6 Å². The first-order valence-corrected chi connectivity index (χ1v) is 11.0. The van der Waals surface area contributed by atoms with Gasteiger partial charge in [-0.3, -0.25) is 9.69 Å². The second-order valence-electron chi connectivity index (χ2n) is 7.59. The molecule has 0 amide bonds. The van der Waals surface area contributed by atoms with Gasteiger partial charge in [0.2, 0.25) is 0 Å². The summed E-state index contributed by atoms with van der Waals surface area (Å²) in [6, 6.07) is 6.37. The van der Waals surface area contributed by atoms with Crippen LogP contribution in [0.3, 0.4) is 0 Å². The fourth-order valence-corrected chi connectivity index (χ4v) is 4.23. The lowest BCUT2D eigenvalue weighted by Crippen LogP contribution is -2.37. The minimum Gasteiger partial charge on any atom is -0.389 e. The highest BCUT2D eigenvalue weighted by atomic mass is 32.1. The molecule has 168 valence electrons. The topological polar surface area (TPSA) is 87.7 Å². The van der Waals surface area contributed by atoms with Crippen molar-refractivity contribution < 1.29 is 19.0 Å². The van der Waals surface area contributed by atoms with Crippen molar-refractivity contribution in [1.82, 2.24) is 14.9 Å². The summed E-state index contributed by atoms with van der Waals surface area (Å²) < 4.78 is 24.9. The minimum atomic E-state index is -0.677. The van der Waals surface area contributed by atoms with Gasteiger partial charge in [0, 0.05) is 36.7 Å². The van der Waals surface area contributed by atoms with E-state index in [4.69, 9.17) is 9.47 Å². The summed E-state index contributed by atoms with van der Waals surface area (Å²) >= 11 is 1.31. The molecule has 2 heterocycles. The summed E-state index contributed by atoms with van der Waals surface area (Å²) in [7, 11) is 1.61. The molecule has 0 spiro atoms. The van der Waals surface area contributed by atoms with E-state index in [0.717, 1.165) is 0 Å². The molecule has 2 aromatic heterocycles. The molecule has 0 radical (unpaired) electrons. The van der Waals surface area contributed by atoms with E-state index < -0.39 is 6.10 Å². The number of hydrogen-bond donors (Lipinski definition) is 2. The average Bonchev–Trinajstić information content (AvgIpc) is 3.15. The van der Waals surface area contributed by atoms with Crippen LogP contribution >= 0.6 is 11.3 Å². The summed E-state index contributed by atoms with van der Waals surface area (Å²) in [4.78, 5) is 22.7. The Morgan fingerprint density at radius 2 is 2.06 bits per heavy atom. The van der Waals surface area contributed by atoms with E-state index in [1.54, 1.807) is 30.7 Å². The van der Waals surface area contributed by atoms with Gasteiger partial charge in [-0.2, -0.15) is 0 Å². The molecule has 3 aromatic rings. The Kier molecular flexibility index (Phi) is 8.28. The summed E-state index contributed by atoms with van der Waals surface area (Å²) in [5.74, 6) is 0.0986. The first-order valence-electron chi connectivity index (χ1n) is 10.1. The Morgan fingerprint density at radius 1 is 1.29 bits per heavy atom. The highest BCUT2D eigenvalue weighted by molar-refractivity contribution is 7.17. The summed E-state index contributed by atoms with van der Waals surface area (Å²) in [6.07, 6.45) is -0.644. The first-order chi connectivity index (χ1) is 14.9. The number of aliphatic hydroxyl groups excluding tert-OH is 1. The molecule has 0 aliphatic rings. The maximum atomic E-state index is 14.2. The number of aliphatic hydroxyl groups is 1. The van der Waals surface area contributed by atoms with E-state index in [9.17, 15) is 14.3 Å². The number of nitrogens with one attached hydrogen (secondary N) is 1.